The maximum Gasteiger partial charge on any atom is 0.324 e. The summed E-state index contributed by atoms with van der Waals surface area (Å²) < 4.78 is 38.0. The number of hydrogen-bond acceptors (Lipinski definition) is 6. The molecule has 8 heteroatoms. The second kappa shape index (κ2) is 7.93. The first kappa shape index (κ1) is 20.1. The molecule has 0 aromatic heterocycles. The lowest BCUT2D eigenvalue weighted by molar-refractivity contribution is -0.144. The predicted octanol–water partition coefficient (Wildman–Crippen LogP) is 2.46. The van der Waals surface area contributed by atoms with Gasteiger partial charge in [0.15, 0.2) is 0 Å². The Bertz CT molecular complexity index is 1020. The largest absolute Gasteiger partial charge is 0.490 e. The number of esters is 1. The minimum absolute atomic E-state index is 0.0291. The van der Waals surface area contributed by atoms with E-state index in [-0.39, 0.29) is 24.0 Å². The average molecular weight is 419 g/mol. The van der Waals surface area contributed by atoms with Gasteiger partial charge in [0, 0.05) is 13.0 Å². The van der Waals surface area contributed by atoms with E-state index in [1.807, 2.05) is 18.2 Å². The predicted molar refractivity (Wildman–Crippen MR) is 107 cm³/mol. The van der Waals surface area contributed by atoms with Crippen LogP contribution < -0.4 is 4.74 Å². The molecule has 4 rings (SSSR count). The van der Waals surface area contributed by atoms with Crippen molar-refractivity contribution in [3.63, 3.8) is 0 Å². The van der Waals surface area contributed by atoms with Gasteiger partial charge in [-0.1, -0.05) is 12.1 Å². The van der Waals surface area contributed by atoms with Gasteiger partial charge in [-0.25, -0.2) is 8.42 Å². The molecule has 7 nitrogen and oxygen atoms in total. The van der Waals surface area contributed by atoms with Crippen LogP contribution in [0.5, 0.6) is 5.75 Å². The molecule has 2 aromatic carbocycles. The van der Waals surface area contributed by atoms with Crippen molar-refractivity contribution in [1.29, 1.82) is 0 Å². The van der Waals surface area contributed by atoms with E-state index < -0.39 is 28.1 Å². The zero-order valence-electron chi connectivity index (χ0n) is 16.3. The van der Waals surface area contributed by atoms with Crippen molar-refractivity contribution in [3.05, 3.63) is 36.4 Å². The molecule has 2 aromatic rings. The lowest BCUT2D eigenvalue weighted by Crippen LogP contribution is -2.41. The number of aliphatic hydroxyl groups is 1. The van der Waals surface area contributed by atoms with Gasteiger partial charge in [0.2, 0.25) is 10.0 Å². The summed E-state index contributed by atoms with van der Waals surface area (Å²) in [5, 5.41) is 11.6. The van der Waals surface area contributed by atoms with Crippen molar-refractivity contribution in [1.82, 2.24) is 4.31 Å². The van der Waals surface area contributed by atoms with Crippen LogP contribution >= 0.6 is 0 Å². The van der Waals surface area contributed by atoms with Crippen LogP contribution in [0.15, 0.2) is 41.3 Å². The normalized spacial score (nSPS) is 23.5. The first-order valence-electron chi connectivity index (χ1n) is 9.86. The smallest absolute Gasteiger partial charge is 0.324 e. The molecule has 1 N–H and O–H groups in total. The molecule has 29 heavy (non-hydrogen) atoms. The van der Waals surface area contributed by atoms with Crippen LogP contribution in [0.4, 0.5) is 0 Å². The van der Waals surface area contributed by atoms with Crippen molar-refractivity contribution in [3.8, 4) is 5.75 Å². The number of carbonyl (C=O) groups is 1. The van der Waals surface area contributed by atoms with Crippen LogP contribution in [0.3, 0.4) is 0 Å². The molecular weight excluding hydrogens is 394 g/mol. The first-order valence-corrected chi connectivity index (χ1v) is 11.3. The number of benzene rings is 2. The summed E-state index contributed by atoms with van der Waals surface area (Å²) in [4.78, 5) is 12.1. The summed E-state index contributed by atoms with van der Waals surface area (Å²) in [7, 11) is -2.75. The fraction of sp³-hybridized carbons (Fsp3) is 0.476. The Morgan fingerprint density at radius 1 is 1.10 bits per heavy atom. The van der Waals surface area contributed by atoms with Crippen molar-refractivity contribution >= 4 is 26.8 Å². The minimum Gasteiger partial charge on any atom is -0.490 e. The SMILES string of the molecule is COC(=O)[C@@H]1C[C@H](O)CN1S(=O)(=O)c1ccc2cc(OC3CCCC3)ccc2c1. The topological polar surface area (TPSA) is 93.1 Å². The fourth-order valence-corrected chi connectivity index (χ4v) is 5.83. The van der Waals surface area contributed by atoms with Gasteiger partial charge in [-0.3, -0.25) is 4.79 Å². The molecule has 1 heterocycles. The van der Waals surface area contributed by atoms with E-state index >= 15 is 0 Å². The summed E-state index contributed by atoms with van der Waals surface area (Å²) in [5.74, 6) is 0.119. The van der Waals surface area contributed by atoms with Crippen LogP contribution in [-0.4, -0.2) is 55.7 Å². The van der Waals surface area contributed by atoms with Crippen LogP contribution in [-0.2, 0) is 19.6 Å². The van der Waals surface area contributed by atoms with Gasteiger partial charge in [0.25, 0.3) is 0 Å². The molecule has 1 aliphatic heterocycles. The molecule has 0 bridgehead atoms. The summed E-state index contributed by atoms with van der Waals surface area (Å²) >= 11 is 0. The van der Waals surface area contributed by atoms with E-state index in [1.165, 1.54) is 26.0 Å². The third-order valence-corrected chi connectivity index (χ3v) is 7.57. The Balaban J connectivity index is 1.61. The standard InChI is InChI=1S/C21H25NO6S/c1-27-21(24)20-12-16(23)13-22(20)29(25,26)19-9-7-14-10-18(8-6-15(14)11-19)28-17-4-2-3-5-17/h6-11,16-17,20,23H,2-5,12-13H2,1H3/t16-,20-/m0/s1. The summed E-state index contributed by atoms with van der Waals surface area (Å²) in [6.45, 7) is -0.131. The lowest BCUT2D eigenvalue weighted by Gasteiger charge is -2.22. The Hall–Kier alpha value is -2.16. The summed E-state index contributed by atoms with van der Waals surface area (Å²) in [6.07, 6.45) is 3.90. The first-order chi connectivity index (χ1) is 13.9. The molecular formula is C21H25NO6S. The molecule has 0 spiro atoms. The lowest BCUT2D eigenvalue weighted by atomic mass is 10.1. The number of methoxy groups -OCH3 is 1. The summed E-state index contributed by atoms with van der Waals surface area (Å²) in [6, 6.07) is 9.45. The van der Waals surface area contributed by atoms with Gasteiger partial charge in [-0.15, -0.1) is 0 Å². The van der Waals surface area contributed by atoms with E-state index in [1.54, 1.807) is 12.1 Å². The molecule has 156 valence electrons. The molecule has 0 amide bonds. The Morgan fingerprint density at radius 2 is 1.79 bits per heavy atom. The van der Waals surface area contributed by atoms with Gasteiger partial charge in [-0.2, -0.15) is 4.31 Å². The van der Waals surface area contributed by atoms with Crippen LogP contribution in [0.1, 0.15) is 32.1 Å². The number of hydrogen-bond donors (Lipinski definition) is 1. The zero-order valence-corrected chi connectivity index (χ0v) is 17.1. The van der Waals surface area contributed by atoms with E-state index in [0.29, 0.717) is 0 Å². The Kier molecular flexibility index (Phi) is 5.50. The molecule has 2 atom stereocenters. The van der Waals surface area contributed by atoms with Crippen LogP contribution in [0.25, 0.3) is 10.8 Å². The number of β-amino-alcohol motifs (C(OH)–C–C–N with tert-alkyl or cyclic N) is 1. The molecule has 1 saturated carbocycles. The molecule has 0 unspecified atom stereocenters. The minimum atomic E-state index is -3.95. The highest BCUT2D eigenvalue weighted by atomic mass is 32.2. The third kappa shape index (κ3) is 3.97. The van der Waals surface area contributed by atoms with E-state index in [9.17, 15) is 18.3 Å². The summed E-state index contributed by atoms with van der Waals surface area (Å²) in [5.41, 5.74) is 0. The number of sulfonamides is 1. The molecule has 1 aliphatic carbocycles. The number of rotatable bonds is 5. The second-order valence-corrected chi connectivity index (χ2v) is 9.59. The van der Waals surface area contributed by atoms with Crippen molar-refractivity contribution in [2.75, 3.05) is 13.7 Å². The fourth-order valence-electron chi connectivity index (χ4n) is 4.17. The monoisotopic (exact) mass is 419 g/mol. The Morgan fingerprint density at radius 3 is 2.52 bits per heavy atom. The highest BCUT2D eigenvalue weighted by molar-refractivity contribution is 7.89. The molecule has 1 saturated heterocycles. The number of nitrogens with zero attached hydrogens (tertiary/aromatic N) is 1. The van der Waals surface area contributed by atoms with Gasteiger partial charge >= 0.3 is 5.97 Å². The number of fused-ring (bicyclic) bond motifs is 1. The average Bonchev–Trinajstić information content (AvgIpc) is 3.36. The highest BCUT2D eigenvalue weighted by Crippen LogP contribution is 2.31. The molecule has 2 fully saturated rings. The number of aliphatic hydroxyl groups excluding tert-OH is 1. The quantitative estimate of drug-likeness (QED) is 0.749. The molecule has 2 aliphatic rings. The van der Waals surface area contributed by atoms with Crippen molar-refractivity contribution < 1.29 is 27.8 Å². The maximum atomic E-state index is 13.1. The number of ether oxygens (including phenoxy) is 2. The van der Waals surface area contributed by atoms with E-state index in [2.05, 4.69) is 0 Å². The van der Waals surface area contributed by atoms with Crippen LogP contribution in [0, 0.1) is 0 Å². The van der Waals surface area contributed by atoms with Gasteiger partial charge in [0.1, 0.15) is 11.8 Å². The van der Waals surface area contributed by atoms with E-state index in [0.717, 1.165) is 33.7 Å². The van der Waals surface area contributed by atoms with Gasteiger partial charge < -0.3 is 14.6 Å². The van der Waals surface area contributed by atoms with Crippen molar-refractivity contribution in [2.24, 2.45) is 0 Å². The van der Waals surface area contributed by atoms with Gasteiger partial charge in [0.05, 0.1) is 24.2 Å². The zero-order chi connectivity index (χ0) is 20.6. The third-order valence-electron chi connectivity index (χ3n) is 5.70. The van der Waals surface area contributed by atoms with E-state index in [4.69, 9.17) is 9.47 Å². The molecule has 0 radical (unpaired) electrons. The highest BCUT2D eigenvalue weighted by Gasteiger charge is 2.44. The van der Waals surface area contributed by atoms with Crippen LogP contribution in [0.2, 0.25) is 0 Å². The second-order valence-electron chi connectivity index (χ2n) is 7.70. The Labute approximate surface area is 170 Å². The van der Waals surface area contributed by atoms with Gasteiger partial charge in [-0.05, 0) is 60.7 Å². The van der Waals surface area contributed by atoms with Crippen molar-refractivity contribution in [2.45, 2.75) is 55.2 Å². The maximum absolute atomic E-state index is 13.1. The number of carbonyl (C=O) groups excluding carboxylic acids is 1.